The van der Waals surface area contributed by atoms with E-state index in [9.17, 15) is 4.79 Å². The van der Waals surface area contributed by atoms with E-state index >= 15 is 0 Å². The number of rotatable bonds is 4. The Kier molecular flexibility index (Phi) is 5.04. The molecule has 1 amide bonds. The van der Waals surface area contributed by atoms with Gasteiger partial charge >= 0.3 is 0 Å². The van der Waals surface area contributed by atoms with Gasteiger partial charge in [0.25, 0.3) is 5.91 Å². The lowest BCUT2D eigenvalue weighted by atomic mass is 10.2. The van der Waals surface area contributed by atoms with Gasteiger partial charge in [-0.05, 0) is 51.8 Å². The van der Waals surface area contributed by atoms with Crippen molar-refractivity contribution in [3.63, 3.8) is 0 Å². The van der Waals surface area contributed by atoms with Gasteiger partial charge in [0, 0.05) is 16.0 Å². The Morgan fingerprint density at radius 2 is 1.95 bits per heavy atom. The highest BCUT2D eigenvalue weighted by molar-refractivity contribution is 9.10. The van der Waals surface area contributed by atoms with Crippen molar-refractivity contribution in [2.24, 2.45) is 0 Å². The highest BCUT2D eigenvalue weighted by atomic mass is 79.9. The van der Waals surface area contributed by atoms with Crippen LogP contribution in [-0.2, 0) is 6.54 Å². The third kappa shape index (κ3) is 3.74. The van der Waals surface area contributed by atoms with Gasteiger partial charge in [-0.1, -0.05) is 23.7 Å². The molecule has 2 aromatic rings. The number of hydrogen-bond acceptors (Lipinski definition) is 2. The molecule has 0 unspecified atom stereocenters. The second kappa shape index (κ2) is 6.77. The minimum atomic E-state index is -0.161. The Labute approximate surface area is 131 Å². The van der Waals surface area contributed by atoms with Gasteiger partial charge in [0.2, 0.25) is 0 Å². The van der Waals surface area contributed by atoms with E-state index in [1.54, 1.807) is 37.4 Å². The zero-order valence-electron chi connectivity index (χ0n) is 10.8. The van der Waals surface area contributed by atoms with Crippen LogP contribution in [0.2, 0.25) is 5.02 Å². The van der Waals surface area contributed by atoms with Gasteiger partial charge in [-0.3, -0.25) is 4.79 Å². The van der Waals surface area contributed by atoms with Crippen LogP contribution in [0.25, 0.3) is 0 Å². The summed E-state index contributed by atoms with van der Waals surface area (Å²) in [6, 6.07) is 12.6. The van der Waals surface area contributed by atoms with E-state index in [0.717, 1.165) is 10.0 Å². The number of ether oxygens (including phenoxy) is 1. The molecule has 5 heteroatoms. The Hall–Kier alpha value is -1.52. The van der Waals surface area contributed by atoms with Gasteiger partial charge < -0.3 is 10.1 Å². The van der Waals surface area contributed by atoms with Gasteiger partial charge in [-0.25, -0.2) is 0 Å². The molecule has 2 aromatic carbocycles. The molecule has 0 saturated carbocycles. The van der Waals surface area contributed by atoms with Crippen molar-refractivity contribution >= 4 is 33.4 Å². The molecular weight excluding hydrogens is 342 g/mol. The molecule has 0 aliphatic carbocycles. The number of amides is 1. The predicted octanol–water partition coefficient (Wildman–Crippen LogP) is 4.04. The van der Waals surface area contributed by atoms with Crippen LogP contribution >= 0.6 is 27.5 Å². The first-order valence-electron chi connectivity index (χ1n) is 5.96. The van der Waals surface area contributed by atoms with Crippen LogP contribution in [0.5, 0.6) is 5.75 Å². The second-order valence-electron chi connectivity index (χ2n) is 4.15. The zero-order chi connectivity index (χ0) is 14.5. The summed E-state index contributed by atoms with van der Waals surface area (Å²) in [6.07, 6.45) is 0. The van der Waals surface area contributed by atoms with Crippen LogP contribution < -0.4 is 10.1 Å². The predicted molar refractivity (Wildman–Crippen MR) is 83.3 cm³/mol. The molecule has 104 valence electrons. The number of carbonyl (C=O) groups excluding carboxylic acids is 1. The number of carbonyl (C=O) groups is 1. The fourth-order valence-electron chi connectivity index (χ4n) is 1.69. The van der Waals surface area contributed by atoms with E-state index in [2.05, 4.69) is 21.2 Å². The largest absolute Gasteiger partial charge is 0.497 e. The molecule has 0 aromatic heterocycles. The van der Waals surface area contributed by atoms with Crippen molar-refractivity contribution in [3.05, 3.63) is 63.1 Å². The molecule has 0 fully saturated rings. The number of halogens is 2. The molecule has 0 radical (unpaired) electrons. The maximum Gasteiger partial charge on any atom is 0.252 e. The van der Waals surface area contributed by atoms with Crippen molar-refractivity contribution in [2.45, 2.75) is 6.54 Å². The van der Waals surface area contributed by atoms with Crippen LogP contribution in [-0.4, -0.2) is 13.0 Å². The third-order valence-electron chi connectivity index (χ3n) is 2.78. The topological polar surface area (TPSA) is 38.3 Å². The van der Waals surface area contributed by atoms with E-state index < -0.39 is 0 Å². The van der Waals surface area contributed by atoms with E-state index in [1.807, 2.05) is 12.1 Å². The molecule has 3 nitrogen and oxygen atoms in total. The minimum Gasteiger partial charge on any atom is -0.497 e. The lowest BCUT2D eigenvalue weighted by Gasteiger charge is -2.09. The quantitative estimate of drug-likeness (QED) is 0.900. The van der Waals surface area contributed by atoms with Crippen molar-refractivity contribution in [2.75, 3.05) is 7.11 Å². The first kappa shape index (κ1) is 14.9. The van der Waals surface area contributed by atoms with Gasteiger partial charge in [0.1, 0.15) is 5.75 Å². The summed E-state index contributed by atoms with van der Waals surface area (Å²) < 4.78 is 5.85. The molecule has 0 aliphatic rings. The molecular formula is C15H13BrClNO2. The van der Waals surface area contributed by atoms with E-state index in [-0.39, 0.29) is 5.91 Å². The SMILES string of the molecule is COc1ccc(Br)c(C(=O)NCc2ccc(Cl)cc2)c1. The van der Waals surface area contributed by atoms with Crippen molar-refractivity contribution in [1.29, 1.82) is 0 Å². The molecule has 0 aliphatic heterocycles. The molecule has 0 saturated heterocycles. The average Bonchev–Trinajstić information content (AvgIpc) is 2.47. The molecule has 0 heterocycles. The third-order valence-corrected chi connectivity index (χ3v) is 3.73. The highest BCUT2D eigenvalue weighted by Crippen LogP contribution is 2.22. The van der Waals surface area contributed by atoms with Crippen LogP contribution in [0.15, 0.2) is 46.9 Å². The lowest BCUT2D eigenvalue weighted by Crippen LogP contribution is -2.23. The fraction of sp³-hybridized carbons (Fsp3) is 0.133. The Morgan fingerprint density at radius 1 is 1.25 bits per heavy atom. The monoisotopic (exact) mass is 353 g/mol. The fourth-order valence-corrected chi connectivity index (χ4v) is 2.24. The molecule has 0 bridgehead atoms. The summed E-state index contributed by atoms with van der Waals surface area (Å²) in [5.41, 5.74) is 1.53. The second-order valence-corrected chi connectivity index (χ2v) is 5.45. The van der Waals surface area contributed by atoms with Crippen LogP contribution in [0.3, 0.4) is 0 Å². The van der Waals surface area contributed by atoms with Crippen LogP contribution in [0, 0.1) is 0 Å². The number of hydrogen-bond donors (Lipinski definition) is 1. The summed E-state index contributed by atoms with van der Waals surface area (Å²) in [5.74, 6) is 0.482. The maximum atomic E-state index is 12.2. The van der Waals surface area contributed by atoms with Crippen LogP contribution in [0.4, 0.5) is 0 Å². The summed E-state index contributed by atoms with van der Waals surface area (Å²) in [6.45, 7) is 0.444. The van der Waals surface area contributed by atoms with Gasteiger partial charge in [-0.15, -0.1) is 0 Å². The van der Waals surface area contributed by atoms with E-state index in [1.165, 1.54) is 0 Å². The number of methoxy groups -OCH3 is 1. The maximum absolute atomic E-state index is 12.2. The summed E-state index contributed by atoms with van der Waals surface area (Å²) in [7, 11) is 1.57. The molecule has 2 rings (SSSR count). The van der Waals surface area contributed by atoms with Gasteiger partial charge in [0.05, 0.1) is 12.7 Å². The lowest BCUT2D eigenvalue weighted by molar-refractivity contribution is 0.0950. The Bertz CT molecular complexity index is 614. The van der Waals surface area contributed by atoms with Gasteiger partial charge in [0.15, 0.2) is 0 Å². The highest BCUT2D eigenvalue weighted by Gasteiger charge is 2.11. The average molecular weight is 355 g/mol. The van der Waals surface area contributed by atoms with Crippen molar-refractivity contribution in [3.8, 4) is 5.75 Å². The number of benzene rings is 2. The molecule has 0 spiro atoms. The Morgan fingerprint density at radius 3 is 2.60 bits per heavy atom. The summed E-state index contributed by atoms with van der Waals surface area (Å²) >= 11 is 9.18. The zero-order valence-corrected chi connectivity index (χ0v) is 13.2. The molecule has 1 N–H and O–H groups in total. The molecule has 0 atom stereocenters. The standard InChI is InChI=1S/C15H13BrClNO2/c1-20-12-6-7-14(16)13(8-12)15(19)18-9-10-2-4-11(17)5-3-10/h2-8H,9H2,1H3,(H,18,19). The smallest absolute Gasteiger partial charge is 0.252 e. The summed E-state index contributed by atoms with van der Waals surface area (Å²) in [4.78, 5) is 12.2. The Balaban J connectivity index is 2.06. The van der Waals surface area contributed by atoms with Crippen molar-refractivity contribution < 1.29 is 9.53 Å². The normalized spacial score (nSPS) is 10.2. The van der Waals surface area contributed by atoms with E-state index in [0.29, 0.717) is 22.9 Å². The van der Waals surface area contributed by atoms with Crippen molar-refractivity contribution in [1.82, 2.24) is 5.32 Å². The minimum absolute atomic E-state index is 0.161. The van der Waals surface area contributed by atoms with E-state index in [4.69, 9.17) is 16.3 Å². The number of nitrogens with one attached hydrogen (secondary N) is 1. The molecule has 20 heavy (non-hydrogen) atoms. The first-order valence-corrected chi connectivity index (χ1v) is 7.13. The van der Waals surface area contributed by atoms with Crippen LogP contribution in [0.1, 0.15) is 15.9 Å². The first-order chi connectivity index (χ1) is 9.60. The van der Waals surface area contributed by atoms with Gasteiger partial charge in [-0.2, -0.15) is 0 Å². The summed E-state index contributed by atoms with van der Waals surface area (Å²) in [5, 5.41) is 3.54.